The van der Waals surface area contributed by atoms with Crippen LogP contribution >= 0.6 is 15.9 Å². The number of halogens is 2. The number of nitrogens with one attached hydrogen (secondary N) is 1. The van der Waals surface area contributed by atoms with Crippen molar-refractivity contribution >= 4 is 27.7 Å². The van der Waals surface area contributed by atoms with Crippen LogP contribution < -0.4 is 5.32 Å². The van der Waals surface area contributed by atoms with E-state index >= 15 is 0 Å². The Hall–Kier alpha value is -2.48. The lowest BCUT2D eigenvalue weighted by molar-refractivity contribution is -0.117. The Bertz CT molecular complexity index is 873. The van der Waals surface area contributed by atoms with Crippen LogP contribution in [-0.2, 0) is 17.9 Å². The molecule has 3 aromatic rings. The quantitative estimate of drug-likeness (QED) is 0.726. The number of hydrogen-bond donors (Lipinski definition) is 1. The number of hydrogen-bond acceptors (Lipinski definition) is 3. The van der Waals surface area contributed by atoms with Crippen molar-refractivity contribution in [2.75, 3.05) is 5.32 Å². The fourth-order valence-corrected chi connectivity index (χ4v) is 2.54. The number of aromatic nitrogens is 4. The molecule has 8 heteroatoms. The predicted molar refractivity (Wildman–Crippen MR) is 91.0 cm³/mol. The molecule has 0 radical (unpaired) electrons. The molecule has 0 saturated carbocycles. The summed E-state index contributed by atoms with van der Waals surface area (Å²) in [6.45, 7) is 2.41. The lowest BCUT2D eigenvalue weighted by atomic mass is 10.2. The molecule has 2 aromatic heterocycles. The Balaban J connectivity index is 1.61. The molecule has 0 atom stereocenters. The van der Waals surface area contributed by atoms with Crippen molar-refractivity contribution in [3.05, 3.63) is 64.3 Å². The summed E-state index contributed by atoms with van der Waals surface area (Å²) in [6.07, 6.45) is 3.38. The van der Waals surface area contributed by atoms with E-state index in [0.717, 1.165) is 15.7 Å². The average Bonchev–Trinajstić information content (AvgIpc) is 3.09. The van der Waals surface area contributed by atoms with Gasteiger partial charge in [-0.1, -0.05) is 12.1 Å². The van der Waals surface area contributed by atoms with E-state index in [9.17, 15) is 9.18 Å². The topological polar surface area (TPSA) is 64.7 Å². The summed E-state index contributed by atoms with van der Waals surface area (Å²) < 4.78 is 17.3. The van der Waals surface area contributed by atoms with Gasteiger partial charge in [-0.15, -0.1) is 0 Å². The van der Waals surface area contributed by atoms with Crippen molar-refractivity contribution in [3.8, 4) is 0 Å². The van der Waals surface area contributed by atoms with Crippen LogP contribution in [0.3, 0.4) is 0 Å². The second-order valence-electron chi connectivity index (χ2n) is 5.31. The van der Waals surface area contributed by atoms with Gasteiger partial charge in [0.25, 0.3) is 0 Å². The first-order valence-electron chi connectivity index (χ1n) is 7.27. The monoisotopic (exact) mass is 391 g/mol. The van der Waals surface area contributed by atoms with Crippen molar-refractivity contribution in [1.82, 2.24) is 19.6 Å². The third-order valence-electron chi connectivity index (χ3n) is 3.48. The maximum Gasteiger partial charge on any atom is 0.247 e. The van der Waals surface area contributed by atoms with Gasteiger partial charge in [-0.05, 0) is 40.5 Å². The minimum absolute atomic E-state index is 0.105. The molecule has 0 aliphatic heterocycles. The molecule has 1 aromatic carbocycles. The van der Waals surface area contributed by atoms with Gasteiger partial charge in [0.2, 0.25) is 5.91 Å². The van der Waals surface area contributed by atoms with Crippen LogP contribution in [-0.4, -0.2) is 25.5 Å². The van der Waals surface area contributed by atoms with E-state index in [1.165, 1.54) is 12.1 Å². The summed E-state index contributed by atoms with van der Waals surface area (Å²) in [5.74, 6) is -0.0566. The van der Waals surface area contributed by atoms with Gasteiger partial charge >= 0.3 is 0 Å². The van der Waals surface area contributed by atoms with E-state index in [-0.39, 0.29) is 18.3 Å². The van der Waals surface area contributed by atoms with Crippen LogP contribution in [0.4, 0.5) is 10.2 Å². The van der Waals surface area contributed by atoms with Crippen LogP contribution in [0.5, 0.6) is 0 Å². The summed E-state index contributed by atoms with van der Waals surface area (Å²) in [7, 11) is 0. The highest BCUT2D eigenvalue weighted by atomic mass is 79.9. The number of nitrogens with zero attached hydrogens (tertiary/aromatic N) is 4. The van der Waals surface area contributed by atoms with Crippen LogP contribution in [0.15, 0.2) is 47.2 Å². The highest BCUT2D eigenvalue weighted by Gasteiger charge is 2.10. The Kier molecular flexibility index (Phi) is 4.75. The van der Waals surface area contributed by atoms with E-state index < -0.39 is 0 Å². The van der Waals surface area contributed by atoms with Crippen molar-refractivity contribution < 1.29 is 9.18 Å². The number of benzene rings is 1. The molecule has 6 nitrogen and oxygen atoms in total. The molecule has 0 spiro atoms. The van der Waals surface area contributed by atoms with Crippen LogP contribution in [0.25, 0.3) is 0 Å². The molecule has 1 N–H and O–H groups in total. The lowest BCUT2D eigenvalue weighted by Gasteiger charge is -2.05. The zero-order valence-electron chi connectivity index (χ0n) is 12.9. The highest BCUT2D eigenvalue weighted by molar-refractivity contribution is 9.10. The van der Waals surface area contributed by atoms with Crippen molar-refractivity contribution in [1.29, 1.82) is 0 Å². The third kappa shape index (κ3) is 3.88. The van der Waals surface area contributed by atoms with Gasteiger partial charge in [0.1, 0.15) is 12.4 Å². The summed E-state index contributed by atoms with van der Waals surface area (Å²) in [4.78, 5) is 12.1. The smallest absolute Gasteiger partial charge is 0.247 e. The molecule has 124 valence electrons. The van der Waals surface area contributed by atoms with E-state index in [2.05, 4.69) is 31.4 Å². The van der Waals surface area contributed by atoms with Crippen LogP contribution in [0, 0.1) is 12.7 Å². The normalized spacial score (nSPS) is 10.8. The molecule has 24 heavy (non-hydrogen) atoms. The summed E-state index contributed by atoms with van der Waals surface area (Å²) in [6, 6.07) is 8.03. The van der Waals surface area contributed by atoms with Crippen LogP contribution in [0.1, 0.15) is 11.3 Å². The zero-order chi connectivity index (χ0) is 17.1. The first kappa shape index (κ1) is 16.4. The molecule has 0 bridgehead atoms. The number of carbonyl (C=O) groups is 1. The fourth-order valence-electron chi connectivity index (χ4n) is 2.24. The van der Waals surface area contributed by atoms with Gasteiger partial charge in [-0.3, -0.25) is 14.2 Å². The Morgan fingerprint density at radius 1 is 1.38 bits per heavy atom. The molecule has 2 heterocycles. The fraction of sp³-hybridized carbons (Fsp3) is 0.188. The van der Waals surface area contributed by atoms with Crippen molar-refractivity contribution in [2.45, 2.75) is 20.0 Å². The SMILES string of the molecule is Cc1c(Br)cnn1CC(=O)Nc1ccn(Cc2cccc(F)c2)n1. The molecule has 0 unspecified atom stereocenters. The second-order valence-corrected chi connectivity index (χ2v) is 6.17. The number of rotatable bonds is 5. The second kappa shape index (κ2) is 6.96. The van der Waals surface area contributed by atoms with Crippen molar-refractivity contribution in [3.63, 3.8) is 0 Å². The molecule has 0 fully saturated rings. The Morgan fingerprint density at radius 2 is 2.21 bits per heavy atom. The largest absolute Gasteiger partial charge is 0.308 e. The molecule has 1 amide bonds. The molecule has 0 saturated heterocycles. The minimum Gasteiger partial charge on any atom is -0.308 e. The van der Waals surface area contributed by atoms with E-state index in [4.69, 9.17) is 0 Å². The molecule has 0 aliphatic rings. The van der Waals surface area contributed by atoms with Gasteiger partial charge in [0, 0.05) is 12.3 Å². The van der Waals surface area contributed by atoms with E-state index in [1.54, 1.807) is 33.9 Å². The maximum absolute atomic E-state index is 13.2. The Labute approximate surface area is 146 Å². The summed E-state index contributed by atoms with van der Waals surface area (Å²) >= 11 is 3.36. The van der Waals surface area contributed by atoms with Gasteiger partial charge in [0.05, 0.1) is 22.9 Å². The van der Waals surface area contributed by atoms with Gasteiger partial charge in [0.15, 0.2) is 5.82 Å². The van der Waals surface area contributed by atoms with Gasteiger partial charge in [-0.2, -0.15) is 10.2 Å². The predicted octanol–water partition coefficient (Wildman–Crippen LogP) is 2.98. The molecule has 0 aliphatic carbocycles. The molecular formula is C16H15BrFN5O. The molecule has 3 rings (SSSR count). The lowest BCUT2D eigenvalue weighted by Crippen LogP contribution is -2.20. The van der Waals surface area contributed by atoms with Gasteiger partial charge < -0.3 is 5.32 Å². The first-order chi connectivity index (χ1) is 11.5. The summed E-state index contributed by atoms with van der Waals surface area (Å²) in [5.41, 5.74) is 1.68. The number of anilines is 1. The standard InChI is InChI=1S/C16H15BrFN5O/c1-11-14(17)8-19-23(11)10-16(24)20-15-5-6-22(21-15)9-12-3-2-4-13(18)7-12/h2-8H,9-10H2,1H3,(H,20,21,24). The molecular weight excluding hydrogens is 377 g/mol. The number of amides is 1. The number of carbonyl (C=O) groups excluding carboxylic acids is 1. The summed E-state index contributed by atoms with van der Waals surface area (Å²) in [5, 5.41) is 11.1. The average molecular weight is 392 g/mol. The zero-order valence-corrected chi connectivity index (χ0v) is 14.5. The van der Waals surface area contributed by atoms with E-state index in [0.29, 0.717) is 12.4 Å². The first-order valence-corrected chi connectivity index (χ1v) is 8.06. The third-order valence-corrected chi connectivity index (χ3v) is 4.26. The highest BCUT2D eigenvalue weighted by Crippen LogP contribution is 2.14. The maximum atomic E-state index is 13.2. The van der Waals surface area contributed by atoms with Gasteiger partial charge in [-0.25, -0.2) is 4.39 Å². The van der Waals surface area contributed by atoms with E-state index in [1.807, 2.05) is 13.0 Å². The van der Waals surface area contributed by atoms with Crippen LogP contribution in [0.2, 0.25) is 0 Å². The van der Waals surface area contributed by atoms with Crippen molar-refractivity contribution in [2.24, 2.45) is 0 Å². The Morgan fingerprint density at radius 3 is 2.92 bits per heavy atom. The minimum atomic E-state index is -0.283.